The van der Waals surface area contributed by atoms with Gasteiger partial charge < -0.3 is 5.11 Å². The molecule has 2 aliphatic rings. The lowest BCUT2D eigenvalue weighted by Crippen LogP contribution is -2.37. The molecule has 1 saturated carbocycles. The smallest absolute Gasteiger partial charge is 0.0620 e. The Kier molecular flexibility index (Phi) is 2.23. The zero-order valence-corrected chi connectivity index (χ0v) is 8.66. The lowest BCUT2D eigenvalue weighted by atomic mass is 9.67. The Labute approximate surface area is 80.8 Å². The number of fused-ring (bicyclic) bond motifs is 2. The molecule has 0 radical (unpaired) electrons. The molecule has 0 heterocycles. The lowest BCUT2D eigenvalue weighted by Gasteiger charge is -2.41. The Hall–Kier alpha value is -0.300. The standard InChI is InChI=1S/C12H20O/c1-12(2,13)11-7-9-4-3-5-10(6-9)8-11/h3-4,9-11,13H,5-8H2,1-2H3. The predicted octanol–water partition coefficient (Wildman–Crippen LogP) is 2.75. The van der Waals surface area contributed by atoms with Gasteiger partial charge in [0.1, 0.15) is 0 Å². The van der Waals surface area contributed by atoms with Crippen LogP contribution in [0.5, 0.6) is 0 Å². The summed E-state index contributed by atoms with van der Waals surface area (Å²) in [5, 5.41) is 9.97. The Morgan fingerprint density at radius 1 is 1.23 bits per heavy atom. The summed E-state index contributed by atoms with van der Waals surface area (Å²) in [5.74, 6) is 2.12. The predicted molar refractivity (Wildman–Crippen MR) is 54.4 cm³/mol. The summed E-state index contributed by atoms with van der Waals surface area (Å²) in [6.07, 6.45) is 9.71. The molecule has 0 aromatic carbocycles. The molecule has 13 heavy (non-hydrogen) atoms. The number of hydrogen-bond donors (Lipinski definition) is 1. The van der Waals surface area contributed by atoms with Gasteiger partial charge in [0, 0.05) is 0 Å². The maximum absolute atomic E-state index is 9.97. The van der Waals surface area contributed by atoms with Crippen LogP contribution >= 0.6 is 0 Å². The average Bonchev–Trinajstić information content (AvgIpc) is 2.01. The molecule has 1 fully saturated rings. The molecule has 0 aromatic rings. The van der Waals surface area contributed by atoms with Crippen LogP contribution in [0.15, 0.2) is 12.2 Å². The summed E-state index contributed by atoms with van der Waals surface area (Å²) in [6.45, 7) is 3.92. The van der Waals surface area contributed by atoms with Crippen LogP contribution in [0.25, 0.3) is 0 Å². The lowest BCUT2D eigenvalue weighted by molar-refractivity contribution is -0.0184. The number of rotatable bonds is 1. The van der Waals surface area contributed by atoms with Crippen LogP contribution in [0.2, 0.25) is 0 Å². The van der Waals surface area contributed by atoms with E-state index in [9.17, 15) is 5.11 Å². The van der Waals surface area contributed by atoms with E-state index in [2.05, 4.69) is 12.2 Å². The van der Waals surface area contributed by atoms with Crippen LogP contribution in [-0.2, 0) is 0 Å². The Morgan fingerprint density at radius 3 is 2.62 bits per heavy atom. The van der Waals surface area contributed by atoms with E-state index in [1.54, 1.807) is 0 Å². The minimum absolute atomic E-state index is 0.470. The molecule has 1 N–H and O–H groups in total. The van der Waals surface area contributed by atoms with Crippen molar-refractivity contribution in [3.8, 4) is 0 Å². The molecule has 2 aliphatic carbocycles. The van der Waals surface area contributed by atoms with Crippen LogP contribution in [-0.4, -0.2) is 10.7 Å². The van der Waals surface area contributed by atoms with Gasteiger partial charge in [-0.3, -0.25) is 0 Å². The summed E-state index contributed by atoms with van der Waals surface area (Å²) in [5.41, 5.74) is -0.470. The van der Waals surface area contributed by atoms with Crippen molar-refractivity contribution in [1.82, 2.24) is 0 Å². The van der Waals surface area contributed by atoms with Crippen molar-refractivity contribution < 1.29 is 5.11 Å². The topological polar surface area (TPSA) is 20.2 Å². The number of allylic oxidation sites excluding steroid dienone is 2. The molecule has 1 heteroatoms. The second-order valence-corrected chi connectivity index (χ2v) is 5.35. The fraction of sp³-hybridized carbons (Fsp3) is 0.833. The highest BCUT2D eigenvalue weighted by Crippen LogP contribution is 2.43. The molecule has 0 spiro atoms. The van der Waals surface area contributed by atoms with Gasteiger partial charge in [-0.1, -0.05) is 12.2 Å². The van der Waals surface area contributed by atoms with Gasteiger partial charge in [0.05, 0.1) is 5.60 Å². The Bertz CT molecular complexity index is 212. The molecule has 3 atom stereocenters. The fourth-order valence-corrected chi connectivity index (χ4v) is 2.87. The number of hydrogen-bond acceptors (Lipinski definition) is 1. The molecule has 74 valence electrons. The normalized spacial score (nSPS) is 39.2. The zero-order chi connectivity index (χ0) is 9.47. The van der Waals surface area contributed by atoms with Gasteiger partial charge in [-0.2, -0.15) is 0 Å². The van der Waals surface area contributed by atoms with Crippen molar-refractivity contribution in [2.75, 3.05) is 0 Å². The van der Waals surface area contributed by atoms with Gasteiger partial charge in [0.2, 0.25) is 0 Å². The minimum atomic E-state index is -0.470. The van der Waals surface area contributed by atoms with Gasteiger partial charge in [-0.05, 0) is 57.3 Å². The van der Waals surface area contributed by atoms with Gasteiger partial charge in [0.25, 0.3) is 0 Å². The van der Waals surface area contributed by atoms with Crippen LogP contribution < -0.4 is 0 Å². The summed E-state index contributed by atoms with van der Waals surface area (Å²) in [4.78, 5) is 0. The molecule has 0 amide bonds. The van der Waals surface area contributed by atoms with Crippen molar-refractivity contribution in [1.29, 1.82) is 0 Å². The maximum Gasteiger partial charge on any atom is 0.0620 e. The molecule has 2 bridgehead atoms. The van der Waals surface area contributed by atoms with E-state index in [-0.39, 0.29) is 0 Å². The van der Waals surface area contributed by atoms with E-state index >= 15 is 0 Å². The summed E-state index contributed by atoms with van der Waals surface area (Å²) in [6, 6.07) is 0. The first-order valence-corrected chi connectivity index (χ1v) is 5.44. The monoisotopic (exact) mass is 180 g/mol. The van der Waals surface area contributed by atoms with E-state index < -0.39 is 5.60 Å². The molecular weight excluding hydrogens is 160 g/mol. The third kappa shape index (κ3) is 1.96. The second kappa shape index (κ2) is 3.13. The molecule has 2 rings (SSSR count). The van der Waals surface area contributed by atoms with Crippen LogP contribution in [0, 0.1) is 17.8 Å². The third-order valence-corrected chi connectivity index (χ3v) is 3.72. The van der Waals surface area contributed by atoms with E-state index in [0.29, 0.717) is 5.92 Å². The van der Waals surface area contributed by atoms with Crippen molar-refractivity contribution in [3.63, 3.8) is 0 Å². The third-order valence-electron chi connectivity index (χ3n) is 3.72. The first-order chi connectivity index (χ1) is 6.05. The highest BCUT2D eigenvalue weighted by Gasteiger charge is 2.36. The van der Waals surface area contributed by atoms with E-state index in [1.165, 1.54) is 25.7 Å². The van der Waals surface area contributed by atoms with Crippen LogP contribution in [0.3, 0.4) is 0 Å². The van der Waals surface area contributed by atoms with Gasteiger partial charge in [-0.15, -0.1) is 0 Å². The number of aliphatic hydroxyl groups is 1. The maximum atomic E-state index is 9.97. The fourth-order valence-electron chi connectivity index (χ4n) is 2.87. The Balaban J connectivity index is 2.07. The van der Waals surface area contributed by atoms with Gasteiger partial charge in [0.15, 0.2) is 0 Å². The van der Waals surface area contributed by atoms with Crippen molar-refractivity contribution >= 4 is 0 Å². The molecular formula is C12H20O. The van der Waals surface area contributed by atoms with Crippen molar-refractivity contribution in [2.24, 2.45) is 17.8 Å². The van der Waals surface area contributed by atoms with Crippen LogP contribution in [0.4, 0.5) is 0 Å². The van der Waals surface area contributed by atoms with E-state index in [1.807, 2.05) is 13.8 Å². The Morgan fingerprint density at radius 2 is 2.00 bits per heavy atom. The zero-order valence-electron chi connectivity index (χ0n) is 8.66. The SMILES string of the molecule is CC(C)(O)C1CC2C=CCC(C2)C1. The molecule has 3 unspecified atom stereocenters. The quantitative estimate of drug-likeness (QED) is 0.615. The van der Waals surface area contributed by atoms with Gasteiger partial charge in [-0.25, -0.2) is 0 Å². The van der Waals surface area contributed by atoms with Crippen molar-refractivity contribution in [3.05, 3.63) is 12.2 Å². The first-order valence-electron chi connectivity index (χ1n) is 5.44. The van der Waals surface area contributed by atoms with Crippen LogP contribution in [0.1, 0.15) is 39.5 Å². The summed E-state index contributed by atoms with van der Waals surface area (Å²) < 4.78 is 0. The summed E-state index contributed by atoms with van der Waals surface area (Å²) >= 11 is 0. The molecule has 0 saturated heterocycles. The largest absolute Gasteiger partial charge is 0.390 e. The highest BCUT2D eigenvalue weighted by molar-refractivity contribution is 5.02. The van der Waals surface area contributed by atoms with Gasteiger partial charge >= 0.3 is 0 Å². The second-order valence-electron chi connectivity index (χ2n) is 5.35. The summed E-state index contributed by atoms with van der Waals surface area (Å²) in [7, 11) is 0. The molecule has 0 aliphatic heterocycles. The van der Waals surface area contributed by atoms with E-state index in [0.717, 1.165) is 11.8 Å². The average molecular weight is 180 g/mol. The first kappa shape index (κ1) is 9.26. The molecule has 1 nitrogen and oxygen atoms in total. The minimum Gasteiger partial charge on any atom is -0.390 e. The van der Waals surface area contributed by atoms with Crippen molar-refractivity contribution in [2.45, 2.75) is 45.1 Å². The highest BCUT2D eigenvalue weighted by atomic mass is 16.3. The molecule has 0 aromatic heterocycles. The van der Waals surface area contributed by atoms with E-state index in [4.69, 9.17) is 0 Å².